The third-order valence-electron chi connectivity index (χ3n) is 1.51. The molecule has 82 valence electrons. The minimum Gasteiger partial charge on any atom is -0.504 e. The molecule has 0 spiro atoms. The van der Waals surface area contributed by atoms with Crippen molar-refractivity contribution in [3.05, 3.63) is 17.8 Å². The molecule has 0 saturated heterocycles. The summed E-state index contributed by atoms with van der Waals surface area (Å²) < 4.78 is 5.08. The normalized spacial score (nSPS) is 11.1. The maximum Gasteiger partial charge on any atom is 0.357 e. The second-order valence-electron chi connectivity index (χ2n) is 4.10. The number of nitrogen functional groups attached to an aromatic ring is 1. The van der Waals surface area contributed by atoms with Gasteiger partial charge in [0.25, 0.3) is 0 Å². The van der Waals surface area contributed by atoms with E-state index < -0.39 is 11.6 Å². The van der Waals surface area contributed by atoms with E-state index in [-0.39, 0.29) is 17.3 Å². The number of rotatable bonds is 1. The fourth-order valence-electron chi connectivity index (χ4n) is 0.912. The van der Waals surface area contributed by atoms with Gasteiger partial charge in [-0.05, 0) is 32.9 Å². The molecule has 0 aliphatic carbocycles. The zero-order valence-corrected chi connectivity index (χ0v) is 8.94. The van der Waals surface area contributed by atoms with Crippen LogP contribution in [0.5, 0.6) is 5.75 Å². The van der Waals surface area contributed by atoms with Crippen LogP contribution in [0, 0.1) is 0 Å². The van der Waals surface area contributed by atoms with Crippen LogP contribution >= 0.6 is 0 Å². The number of carbonyl (C=O) groups is 1. The Labute approximate surface area is 87.9 Å². The maximum atomic E-state index is 11.5. The SMILES string of the molecule is CC(C)(C)OC(=O)c1ccc(O)c(N)n1. The highest BCUT2D eigenvalue weighted by Crippen LogP contribution is 2.18. The lowest BCUT2D eigenvalue weighted by atomic mass is 10.2. The van der Waals surface area contributed by atoms with Gasteiger partial charge in [-0.3, -0.25) is 0 Å². The molecule has 0 aliphatic rings. The summed E-state index contributed by atoms with van der Waals surface area (Å²) in [6.07, 6.45) is 0. The average Bonchev–Trinajstić information content (AvgIpc) is 2.06. The zero-order valence-electron chi connectivity index (χ0n) is 8.94. The van der Waals surface area contributed by atoms with E-state index in [2.05, 4.69) is 4.98 Å². The van der Waals surface area contributed by atoms with E-state index in [9.17, 15) is 4.79 Å². The Kier molecular flexibility index (Phi) is 2.83. The molecule has 1 aromatic heterocycles. The standard InChI is InChI=1S/C10H14N2O3/c1-10(2,3)15-9(14)6-4-5-7(13)8(11)12-6/h4-5,13H,1-3H3,(H2,11,12). The van der Waals surface area contributed by atoms with Gasteiger partial charge in [0.2, 0.25) is 0 Å². The van der Waals surface area contributed by atoms with Gasteiger partial charge in [0, 0.05) is 0 Å². The van der Waals surface area contributed by atoms with Gasteiger partial charge in [0.05, 0.1) is 0 Å². The first-order valence-corrected chi connectivity index (χ1v) is 4.48. The van der Waals surface area contributed by atoms with Crippen LogP contribution in [0.2, 0.25) is 0 Å². The molecule has 1 aromatic rings. The molecular formula is C10H14N2O3. The molecule has 0 fully saturated rings. The zero-order chi connectivity index (χ0) is 11.6. The van der Waals surface area contributed by atoms with Crippen LogP contribution in [-0.2, 0) is 4.74 Å². The molecule has 15 heavy (non-hydrogen) atoms. The molecule has 5 heteroatoms. The van der Waals surface area contributed by atoms with Crippen LogP contribution in [0.4, 0.5) is 5.82 Å². The van der Waals surface area contributed by atoms with Gasteiger partial charge in [-0.1, -0.05) is 0 Å². The van der Waals surface area contributed by atoms with Crippen molar-refractivity contribution < 1.29 is 14.6 Å². The minimum atomic E-state index is -0.578. The highest BCUT2D eigenvalue weighted by Gasteiger charge is 2.19. The Morgan fingerprint density at radius 1 is 1.47 bits per heavy atom. The van der Waals surface area contributed by atoms with E-state index in [1.54, 1.807) is 20.8 Å². The molecule has 0 saturated carbocycles. The van der Waals surface area contributed by atoms with E-state index in [1.165, 1.54) is 12.1 Å². The summed E-state index contributed by atoms with van der Waals surface area (Å²) >= 11 is 0. The summed E-state index contributed by atoms with van der Waals surface area (Å²) in [4.78, 5) is 15.2. The molecule has 3 N–H and O–H groups in total. The summed E-state index contributed by atoms with van der Waals surface area (Å²) in [5.41, 5.74) is 4.86. The van der Waals surface area contributed by atoms with Crippen molar-refractivity contribution in [3.63, 3.8) is 0 Å². The summed E-state index contributed by atoms with van der Waals surface area (Å²) in [5, 5.41) is 9.12. The van der Waals surface area contributed by atoms with Crippen molar-refractivity contribution in [3.8, 4) is 5.75 Å². The summed E-state index contributed by atoms with van der Waals surface area (Å²) in [6, 6.07) is 2.67. The molecule has 0 aromatic carbocycles. The van der Waals surface area contributed by atoms with Crippen molar-refractivity contribution in [1.82, 2.24) is 4.98 Å². The molecule has 0 bridgehead atoms. The number of pyridine rings is 1. The molecule has 1 rings (SSSR count). The minimum absolute atomic E-state index is 0.0835. The number of ether oxygens (including phenoxy) is 1. The van der Waals surface area contributed by atoms with Crippen LogP contribution in [0.1, 0.15) is 31.3 Å². The van der Waals surface area contributed by atoms with E-state index in [4.69, 9.17) is 15.6 Å². The van der Waals surface area contributed by atoms with E-state index in [1.807, 2.05) is 0 Å². The quantitative estimate of drug-likeness (QED) is 0.683. The second kappa shape index (κ2) is 3.76. The van der Waals surface area contributed by atoms with Crippen molar-refractivity contribution >= 4 is 11.8 Å². The number of carbonyl (C=O) groups excluding carboxylic acids is 1. The fourth-order valence-corrected chi connectivity index (χ4v) is 0.912. The van der Waals surface area contributed by atoms with Crippen LogP contribution < -0.4 is 5.73 Å². The fraction of sp³-hybridized carbons (Fsp3) is 0.400. The van der Waals surface area contributed by atoms with E-state index in [0.717, 1.165) is 0 Å². The number of aromatic hydroxyl groups is 1. The Balaban J connectivity index is 2.88. The number of nitrogens with zero attached hydrogens (tertiary/aromatic N) is 1. The molecule has 0 atom stereocenters. The van der Waals surface area contributed by atoms with Crippen molar-refractivity contribution in [2.45, 2.75) is 26.4 Å². The van der Waals surface area contributed by atoms with Crippen LogP contribution in [0.15, 0.2) is 12.1 Å². The lowest BCUT2D eigenvalue weighted by molar-refractivity contribution is 0.00630. The highest BCUT2D eigenvalue weighted by molar-refractivity contribution is 5.88. The summed E-state index contributed by atoms with van der Waals surface area (Å²) in [6.45, 7) is 5.28. The lowest BCUT2D eigenvalue weighted by Crippen LogP contribution is -2.24. The highest BCUT2D eigenvalue weighted by atomic mass is 16.6. The smallest absolute Gasteiger partial charge is 0.357 e. The van der Waals surface area contributed by atoms with Gasteiger partial charge in [-0.2, -0.15) is 0 Å². The Morgan fingerprint density at radius 3 is 2.53 bits per heavy atom. The third kappa shape index (κ3) is 3.12. The first-order chi connectivity index (χ1) is 6.79. The Bertz CT molecular complexity index is 383. The second-order valence-corrected chi connectivity index (χ2v) is 4.10. The van der Waals surface area contributed by atoms with Gasteiger partial charge in [-0.15, -0.1) is 0 Å². The van der Waals surface area contributed by atoms with Crippen LogP contribution in [0.25, 0.3) is 0 Å². The van der Waals surface area contributed by atoms with Gasteiger partial charge in [0.1, 0.15) is 5.60 Å². The number of aromatic nitrogens is 1. The number of esters is 1. The summed E-state index contributed by atoms with van der Waals surface area (Å²) in [7, 11) is 0. The van der Waals surface area contributed by atoms with Crippen molar-refractivity contribution in [2.75, 3.05) is 5.73 Å². The van der Waals surface area contributed by atoms with Crippen molar-refractivity contribution in [2.24, 2.45) is 0 Å². The maximum absolute atomic E-state index is 11.5. The van der Waals surface area contributed by atoms with E-state index >= 15 is 0 Å². The number of anilines is 1. The largest absolute Gasteiger partial charge is 0.504 e. The number of hydrogen-bond donors (Lipinski definition) is 2. The summed E-state index contributed by atoms with van der Waals surface area (Å²) in [5.74, 6) is -0.796. The first-order valence-electron chi connectivity index (χ1n) is 4.48. The van der Waals surface area contributed by atoms with Gasteiger partial charge >= 0.3 is 5.97 Å². The Hall–Kier alpha value is -1.78. The predicted octanol–water partition coefficient (Wildman–Crippen LogP) is 1.32. The molecule has 5 nitrogen and oxygen atoms in total. The van der Waals surface area contributed by atoms with Gasteiger partial charge in [0.15, 0.2) is 17.3 Å². The van der Waals surface area contributed by atoms with Crippen molar-refractivity contribution in [1.29, 1.82) is 0 Å². The third-order valence-corrected chi connectivity index (χ3v) is 1.51. The Morgan fingerprint density at radius 2 is 2.07 bits per heavy atom. The molecular weight excluding hydrogens is 196 g/mol. The molecule has 0 unspecified atom stereocenters. The van der Waals surface area contributed by atoms with Crippen LogP contribution in [0.3, 0.4) is 0 Å². The van der Waals surface area contributed by atoms with E-state index in [0.29, 0.717) is 0 Å². The predicted molar refractivity (Wildman–Crippen MR) is 55.5 cm³/mol. The monoisotopic (exact) mass is 210 g/mol. The first kappa shape index (κ1) is 11.3. The van der Waals surface area contributed by atoms with Gasteiger partial charge < -0.3 is 15.6 Å². The molecule has 0 aliphatic heterocycles. The number of hydrogen-bond acceptors (Lipinski definition) is 5. The molecule has 0 radical (unpaired) electrons. The average molecular weight is 210 g/mol. The van der Waals surface area contributed by atoms with Crippen LogP contribution in [-0.4, -0.2) is 21.7 Å². The molecule has 1 heterocycles. The molecule has 0 amide bonds. The number of nitrogens with two attached hydrogens (primary N) is 1. The lowest BCUT2D eigenvalue weighted by Gasteiger charge is -2.19. The topological polar surface area (TPSA) is 85.4 Å². The van der Waals surface area contributed by atoms with Gasteiger partial charge in [-0.25, -0.2) is 9.78 Å².